The van der Waals surface area contributed by atoms with Crippen molar-refractivity contribution in [2.45, 2.75) is 45.3 Å². The first-order valence-electron chi connectivity index (χ1n) is 5.05. The molecule has 0 aliphatic heterocycles. The highest BCUT2D eigenvalue weighted by molar-refractivity contribution is 4.82. The normalized spacial score (nSPS) is 11.7. The van der Waals surface area contributed by atoms with E-state index in [1.807, 2.05) is 0 Å². The van der Waals surface area contributed by atoms with Gasteiger partial charge in [0.1, 0.15) is 0 Å². The third-order valence-electron chi connectivity index (χ3n) is 2.00. The van der Waals surface area contributed by atoms with Crippen LogP contribution in [0.5, 0.6) is 0 Å². The van der Waals surface area contributed by atoms with Gasteiger partial charge in [0.2, 0.25) is 0 Å². The van der Waals surface area contributed by atoms with Crippen LogP contribution in [0.25, 0.3) is 0 Å². The summed E-state index contributed by atoms with van der Waals surface area (Å²) in [6, 6.07) is 0. The van der Waals surface area contributed by atoms with Crippen LogP contribution in [0.2, 0.25) is 0 Å². The van der Waals surface area contributed by atoms with Crippen molar-refractivity contribution in [3.05, 3.63) is 12.2 Å². The first-order valence-corrected chi connectivity index (χ1v) is 5.05. The second-order valence-electron chi connectivity index (χ2n) is 3.10. The molecule has 0 aromatic carbocycles. The van der Waals surface area contributed by atoms with Crippen molar-refractivity contribution in [1.29, 1.82) is 0 Å². The summed E-state index contributed by atoms with van der Waals surface area (Å²) in [5.41, 5.74) is 0. The van der Waals surface area contributed by atoms with Crippen LogP contribution in [0.3, 0.4) is 0 Å². The lowest BCUT2D eigenvalue weighted by Gasteiger charge is -2.09. The number of hydrogen-bond donors (Lipinski definition) is 0. The molecule has 0 heterocycles. The summed E-state index contributed by atoms with van der Waals surface area (Å²) in [6.45, 7) is 2.22. The van der Waals surface area contributed by atoms with Crippen molar-refractivity contribution in [2.75, 3.05) is 14.2 Å². The standard InChI is InChI=1S/C11H22O2/c1-4-5-6-7-8-9-10-11(12-2)13-3/h8-9,11H,4-7,10H2,1-3H3. The highest BCUT2D eigenvalue weighted by atomic mass is 16.7. The lowest BCUT2D eigenvalue weighted by molar-refractivity contribution is -0.0986. The van der Waals surface area contributed by atoms with Crippen LogP contribution in [0, 0.1) is 0 Å². The van der Waals surface area contributed by atoms with E-state index in [-0.39, 0.29) is 6.29 Å². The lowest BCUT2D eigenvalue weighted by atomic mass is 10.2. The molecule has 0 saturated carbocycles. The van der Waals surface area contributed by atoms with E-state index in [2.05, 4.69) is 19.1 Å². The van der Waals surface area contributed by atoms with Crippen LogP contribution in [0.4, 0.5) is 0 Å². The van der Waals surface area contributed by atoms with E-state index in [4.69, 9.17) is 9.47 Å². The molecule has 0 bridgehead atoms. The SMILES string of the molecule is CCCCCC=CCC(OC)OC. The first-order chi connectivity index (χ1) is 6.35. The van der Waals surface area contributed by atoms with Crippen molar-refractivity contribution >= 4 is 0 Å². The molecular weight excluding hydrogens is 164 g/mol. The summed E-state index contributed by atoms with van der Waals surface area (Å²) in [4.78, 5) is 0. The molecule has 13 heavy (non-hydrogen) atoms. The summed E-state index contributed by atoms with van der Waals surface area (Å²) >= 11 is 0. The zero-order valence-electron chi connectivity index (χ0n) is 9.08. The van der Waals surface area contributed by atoms with Gasteiger partial charge in [0.25, 0.3) is 0 Å². The van der Waals surface area contributed by atoms with E-state index in [1.165, 1.54) is 25.7 Å². The Labute approximate surface area is 81.9 Å². The minimum Gasteiger partial charge on any atom is -0.356 e. The van der Waals surface area contributed by atoms with Gasteiger partial charge in [0.05, 0.1) is 0 Å². The number of methoxy groups -OCH3 is 2. The second-order valence-corrected chi connectivity index (χ2v) is 3.10. The quantitative estimate of drug-likeness (QED) is 0.329. The molecule has 0 saturated heterocycles. The van der Waals surface area contributed by atoms with Gasteiger partial charge in [-0.15, -0.1) is 0 Å². The molecular formula is C11H22O2. The molecule has 0 aliphatic rings. The number of allylic oxidation sites excluding steroid dienone is 1. The van der Waals surface area contributed by atoms with Crippen molar-refractivity contribution in [2.24, 2.45) is 0 Å². The van der Waals surface area contributed by atoms with E-state index in [0.717, 1.165) is 6.42 Å². The van der Waals surface area contributed by atoms with E-state index >= 15 is 0 Å². The Morgan fingerprint density at radius 2 is 1.77 bits per heavy atom. The minimum absolute atomic E-state index is 0.0811. The Kier molecular flexibility index (Phi) is 9.49. The topological polar surface area (TPSA) is 18.5 Å². The predicted molar refractivity (Wildman–Crippen MR) is 55.7 cm³/mol. The van der Waals surface area contributed by atoms with Gasteiger partial charge in [-0.2, -0.15) is 0 Å². The van der Waals surface area contributed by atoms with Crippen LogP contribution < -0.4 is 0 Å². The molecule has 0 N–H and O–H groups in total. The molecule has 0 aromatic rings. The maximum atomic E-state index is 5.05. The van der Waals surface area contributed by atoms with Crippen molar-refractivity contribution in [3.63, 3.8) is 0 Å². The predicted octanol–water partition coefficient (Wildman–Crippen LogP) is 3.13. The van der Waals surface area contributed by atoms with Crippen LogP contribution in [0.1, 0.15) is 39.0 Å². The zero-order valence-corrected chi connectivity index (χ0v) is 9.08. The van der Waals surface area contributed by atoms with Crippen LogP contribution in [0.15, 0.2) is 12.2 Å². The summed E-state index contributed by atoms with van der Waals surface area (Å²) in [6.07, 6.45) is 10.2. The molecule has 0 amide bonds. The summed E-state index contributed by atoms with van der Waals surface area (Å²) in [7, 11) is 3.33. The molecule has 0 atom stereocenters. The van der Waals surface area contributed by atoms with Gasteiger partial charge in [-0.3, -0.25) is 0 Å². The minimum atomic E-state index is -0.0811. The van der Waals surface area contributed by atoms with Crippen LogP contribution >= 0.6 is 0 Å². The van der Waals surface area contributed by atoms with Gasteiger partial charge < -0.3 is 9.47 Å². The van der Waals surface area contributed by atoms with Crippen LogP contribution in [-0.2, 0) is 9.47 Å². The van der Waals surface area contributed by atoms with E-state index in [0.29, 0.717) is 0 Å². The van der Waals surface area contributed by atoms with Crippen molar-refractivity contribution < 1.29 is 9.47 Å². The highest BCUT2D eigenvalue weighted by Crippen LogP contribution is 2.03. The monoisotopic (exact) mass is 186 g/mol. The number of unbranched alkanes of at least 4 members (excludes halogenated alkanes) is 3. The molecule has 0 unspecified atom stereocenters. The smallest absolute Gasteiger partial charge is 0.160 e. The molecule has 0 aromatic heterocycles. The summed E-state index contributed by atoms with van der Waals surface area (Å²) < 4.78 is 10.1. The fourth-order valence-electron chi connectivity index (χ4n) is 1.13. The zero-order chi connectivity index (χ0) is 9.94. The molecule has 2 nitrogen and oxygen atoms in total. The molecule has 0 rings (SSSR count). The Morgan fingerprint density at radius 1 is 1.08 bits per heavy atom. The second kappa shape index (κ2) is 9.75. The third kappa shape index (κ3) is 8.00. The average Bonchev–Trinajstić information content (AvgIpc) is 2.17. The summed E-state index contributed by atoms with van der Waals surface area (Å²) in [5, 5.41) is 0. The number of rotatable bonds is 8. The Bertz CT molecular complexity index is 117. The molecule has 78 valence electrons. The fraction of sp³-hybridized carbons (Fsp3) is 0.818. The van der Waals surface area contributed by atoms with Crippen LogP contribution in [-0.4, -0.2) is 20.5 Å². The van der Waals surface area contributed by atoms with Crippen molar-refractivity contribution in [1.82, 2.24) is 0 Å². The fourth-order valence-corrected chi connectivity index (χ4v) is 1.13. The molecule has 0 aliphatic carbocycles. The molecule has 2 heteroatoms. The maximum absolute atomic E-state index is 5.05. The van der Waals surface area contributed by atoms with E-state index in [1.54, 1.807) is 14.2 Å². The Balaban J connectivity index is 3.28. The number of hydrogen-bond acceptors (Lipinski definition) is 2. The number of ether oxygens (including phenoxy) is 2. The van der Waals surface area contributed by atoms with Crippen molar-refractivity contribution in [3.8, 4) is 0 Å². The maximum Gasteiger partial charge on any atom is 0.160 e. The molecule has 0 radical (unpaired) electrons. The average molecular weight is 186 g/mol. The summed E-state index contributed by atoms with van der Waals surface area (Å²) in [5.74, 6) is 0. The van der Waals surface area contributed by atoms with Gasteiger partial charge >= 0.3 is 0 Å². The largest absolute Gasteiger partial charge is 0.356 e. The molecule has 0 fully saturated rings. The third-order valence-corrected chi connectivity index (χ3v) is 2.00. The van der Waals surface area contributed by atoms with E-state index in [9.17, 15) is 0 Å². The van der Waals surface area contributed by atoms with E-state index < -0.39 is 0 Å². The Hall–Kier alpha value is -0.340. The van der Waals surface area contributed by atoms with Gasteiger partial charge in [0, 0.05) is 20.6 Å². The highest BCUT2D eigenvalue weighted by Gasteiger charge is 1.99. The van der Waals surface area contributed by atoms with Gasteiger partial charge in [-0.25, -0.2) is 0 Å². The van der Waals surface area contributed by atoms with Gasteiger partial charge in [-0.05, 0) is 12.8 Å². The van der Waals surface area contributed by atoms with Gasteiger partial charge in [0.15, 0.2) is 6.29 Å². The first kappa shape index (κ1) is 12.7. The van der Waals surface area contributed by atoms with Gasteiger partial charge in [-0.1, -0.05) is 31.9 Å². The lowest BCUT2D eigenvalue weighted by Crippen LogP contribution is -2.10. The Morgan fingerprint density at radius 3 is 2.31 bits per heavy atom. The molecule has 0 spiro atoms.